The summed E-state index contributed by atoms with van der Waals surface area (Å²) in [5, 5.41) is 6.77. The van der Waals surface area contributed by atoms with E-state index in [9.17, 15) is 14.0 Å². The minimum Gasteiger partial charge on any atom is -0.366 e. The third-order valence-corrected chi connectivity index (χ3v) is 3.72. The van der Waals surface area contributed by atoms with Crippen molar-refractivity contribution in [1.29, 1.82) is 0 Å². The highest BCUT2D eigenvalue weighted by Crippen LogP contribution is 2.21. The summed E-state index contributed by atoms with van der Waals surface area (Å²) in [6, 6.07) is 10.3. The molecule has 1 aromatic heterocycles. The molecule has 0 saturated heterocycles. The maximum Gasteiger partial charge on any atom is 0.257 e. The molecule has 0 atom stereocenters. The highest BCUT2D eigenvalue weighted by molar-refractivity contribution is 6.07. The number of nitrogens with zero attached hydrogens (tertiary/aromatic N) is 2. The number of nitrogens with two attached hydrogens (primary N) is 1. The van der Waals surface area contributed by atoms with Gasteiger partial charge in [0.25, 0.3) is 5.91 Å². The van der Waals surface area contributed by atoms with Gasteiger partial charge in [-0.15, -0.1) is 0 Å². The van der Waals surface area contributed by atoms with Crippen LogP contribution in [0.1, 0.15) is 26.3 Å². The Balaban J connectivity index is 1.99. The summed E-state index contributed by atoms with van der Waals surface area (Å²) >= 11 is 0. The number of aryl methyl sites for hydroxylation is 1. The van der Waals surface area contributed by atoms with Crippen molar-refractivity contribution in [3.8, 4) is 5.69 Å². The zero-order chi connectivity index (χ0) is 18.0. The largest absolute Gasteiger partial charge is 0.366 e. The quantitative estimate of drug-likeness (QED) is 0.766. The zero-order valence-electron chi connectivity index (χ0n) is 13.4. The van der Waals surface area contributed by atoms with Crippen LogP contribution in [0.15, 0.2) is 54.9 Å². The average Bonchev–Trinajstić information content (AvgIpc) is 3.10. The first-order valence-electron chi connectivity index (χ1n) is 7.47. The molecule has 0 fully saturated rings. The third-order valence-electron chi connectivity index (χ3n) is 3.72. The lowest BCUT2D eigenvalue weighted by Gasteiger charge is -2.13. The molecular formula is C18H15FN4O2. The number of rotatable bonds is 4. The third kappa shape index (κ3) is 3.40. The standard InChI is InChI=1S/C18H15FN4O2/c1-11-3-4-12(17(20)24)9-15(11)22-18(25)14-10-13(19)5-6-16(14)23-8-2-7-21-23/h2-10H,1H3,(H2,20,24)(H,22,25). The first kappa shape index (κ1) is 16.4. The number of halogens is 1. The van der Waals surface area contributed by atoms with Crippen molar-refractivity contribution in [2.75, 3.05) is 5.32 Å². The molecule has 0 aliphatic heterocycles. The van der Waals surface area contributed by atoms with E-state index in [1.807, 2.05) is 0 Å². The first-order valence-corrected chi connectivity index (χ1v) is 7.47. The topological polar surface area (TPSA) is 90.0 Å². The minimum atomic E-state index is -0.599. The van der Waals surface area contributed by atoms with Gasteiger partial charge in [0.05, 0.1) is 11.3 Å². The number of nitrogens with one attached hydrogen (secondary N) is 1. The van der Waals surface area contributed by atoms with Crippen molar-refractivity contribution in [3.63, 3.8) is 0 Å². The number of anilines is 1. The van der Waals surface area contributed by atoms with Crippen LogP contribution in [-0.2, 0) is 0 Å². The van der Waals surface area contributed by atoms with Crippen molar-refractivity contribution in [2.45, 2.75) is 6.92 Å². The molecule has 7 heteroatoms. The van der Waals surface area contributed by atoms with E-state index < -0.39 is 17.6 Å². The predicted octanol–water partition coefficient (Wildman–Crippen LogP) is 2.67. The van der Waals surface area contributed by atoms with Crippen LogP contribution < -0.4 is 11.1 Å². The van der Waals surface area contributed by atoms with Gasteiger partial charge in [0.15, 0.2) is 0 Å². The van der Waals surface area contributed by atoms with E-state index in [0.717, 1.165) is 11.6 Å². The van der Waals surface area contributed by atoms with Gasteiger partial charge in [0.2, 0.25) is 5.91 Å². The molecule has 0 bridgehead atoms. The van der Waals surface area contributed by atoms with Gasteiger partial charge >= 0.3 is 0 Å². The van der Waals surface area contributed by atoms with Gasteiger partial charge in [-0.1, -0.05) is 6.07 Å². The second-order valence-corrected chi connectivity index (χ2v) is 5.46. The Morgan fingerprint density at radius 2 is 2.00 bits per heavy atom. The molecule has 0 spiro atoms. The highest BCUT2D eigenvalue weighted by atomic mass is 19.1. The lowest BCUT2D eigenvalue weighted by atomic mass is 10.1. The number of aromatic nitrogens is 2. The summed E-state index contributed by atoms with van der Waals surface area (Å²) in [6.07, 6.45) is 3.22. The molecule has 1 heterocycles. The number of hydrogen-bond acceptors (Lipinski definition) is 3. The Morgan fingerprint density at radius 1 is 1.20 bits per heavy atom. The second-order valence-electron chi connectivity index (χ2n) is 5.46. The molecule has 0 aliphatic rings. The van der Waals surface area contributed by atoms with Crippen molar-refractivity contribution < 1.29 is 14.0 Å². The van der Waals surface area contributed by atoms with Gasteiger partial charge in [-0.05, 0) is 48.9 Å². The molecule has 126 valence electrons. The Hall–Kier alpha value is -3.48. The molecule has 2 amide bonds. The van der Waals surface area contributed by atoms with Gasteiger partial charge < -0.3 is 11.1 Å². The summed E-state index contributed by atoms with van der Waals surface area (Å²) in [4.78, 5) is 24.0. The van der Waals surface area contributed by atoms with Crippen LogP contribution in [0, 0.1) is 12.7 Å². The molecule has 0 radical (unpaired) electrons. The lowest BCUT2D eigenvalue weighted by molar-refractivity contribution is 0.0996. The van der Waals surface area contributed by atoms with Crippen molar-refractivity contribution >= 4 is 17.5 Å². The second kappa shape index (κ2) is 6.56. The molecule has 3 rings (SSSR count). The SMILES string of the molecule is Cc1ccc(C(N)=O)cc1NC(=O)c1cc(F)ccc1-n1cccn1. The maximum atomic E-state index is 13.7. The molecule has 0 saturated carbocycles. The number of carbonyl (C=O) groups is 2. The molecule has 6 nitrogen and oxygen atoms in total. The summed E-state index contributed by atoms with van der Waals surface area (Å²) in [6.45, 7) is 1.78. The molecule has 2 aromatic carbocycles. The van der Waals surface area contributed by atoms with E-state index in [1.54, 1.807) is 37.5 Å². The lowest BCUT2D eigenvalue weighted by Crippen LogP contribution is -2.17. The fourth-order valence-electron chi connectivity index (χ4n) is 2.40. The summed E-state index contributed by atoms with van der Waals surface area (Å²) in [5.41, 5.74) is 7.27. The number of amides is 2. The van der Waals surface area contributed by atoms with Gasteiger partial charge in [-0.3, -0.25) is 9.59 Å². The number of benzene rings is 2. The maximum absolute atomic E-state index is 13.7. The number of carbonyl (C=O) groups excluding carboxylic acids is 2. The van der Waals surface area contributed by atoms with E-state index in [-0.39, 0.29) is 11.1 Å². The zero-order valence-corrected chi connectivity index (χ0v) is 13.4. The molecule has 25 heavy (non-hydrogen) atoms. The van der Waals surface area contributed by atoms with Crippen LogP contribution in [0.5, 0.6) is 0 Å². The Labute approximate surface area is 143 Å². The van der Waals surface area contributed by atoms with Crippen LogP contribution in [0.2, 0.25) is 0 Å². The van der Waals surface area contributed by atoms with Crippen molar-refractivity contribution in [1.82, 2.24) is 9.78 Å². The van der Waals surface area contributed by atoms with Crippen molar-refractivity contribution in [2.24, 2.45) is 5.73 Å². The first-order chi connectivity index (χ1) is 12.0. The van der Waals surface area contributed by atoms with Gasteiger partial charge in [-0.25, -0.2) is 9.07 Å². The van der Waals surface area contributed by atoms with Crippen LogP contribution >= 0.6 is 0 Å². The van der Waals surface area contributed by atoms with Crippen LogP contribution in [-0.4, -0.2) is 21.6 Å². The fourth-order valence-corrected chi connectivity index (χ4v) is 2.40. The van der Waals surface area contributed by atoms with Crippen LogP contribution in [0.25, 0.3) is 5.69 Å². The van der Waals surface area contributed by atoms with E-state index >= 15 is 0 Å². The monoisotopic (exact) mass is 338 g/mol. The summed E-state index contributed by atoms with van der Waals surface area (Å²) in [5.74, 6) is -1.66. The fraction of sp³-hybridized carbons (Fsp3) is 0.0556. The van der Waals surface area contributed by atoms with Gasteiger partial charge in [0.1, 0.15) is 5.82 Å². The Bertz CT molecular complexity index is 952. The normalized spacial score (nSPS) is 10.5. The Morgan fingerprint density at radius 3 is 2.68 bits per heavy atom. The summed E-state index contributed by atoms with van der Waals surface area (Å²) < 4.78 is 15.1. The van der Waals surface area contributed by atoms with E-state index in [2.05, 4.69) is 10.4 Å². The molecule has 3 aromatic rings. The smallest absolute Gasteiger partial charge is 0.257 e. The van der Waals surface area contributed by atoms with E-state index in [4.69, 9.17) is 5.73 Å². The molecule has 3 N–H and O–H groups in total. The Kier molecular flexibility index (Phi) is 4.30. The number of primary amides is 1. The molecule has 0 aliphatic carbocycles. The number of hydrogen-bond donors (Lipinski definition) is 2. The van der Waals surface area contributed by atoms with Crippen molar-refractivity contribution in [3.05, 3.63) is 77.4 Å². The van der Waals surface area contributed by atoms with E-state index in [1.165, 1.54) is 22.9 Å². The van der Waals surface area contributed by atoms with Crippen LogP contribution in [0.4, 0.5) is 10.1 Å². The van der Waals surface area contributed by atoms with Gasteiger partial charge in [-0.2, -0.15) is 5.10 Å². The minimum absolute atomic E-state index is 0.118. The predicted molar refractivity (Wildman–Crippen MR) is 91.2 cm³/mol. The molecular weight excluding hydrogens is 323 g/mol. The average molecular weight is 338 g/mol. The highest BCUT2D eigenvalue weighted by Gasteiger charge is 2.16. The molecule has 0 unspecified atom stereocenters. The van der Waals surface area contributed by atoms with Gasteiger partial charge in [0, 0.05) is 23.6 Å². The van der Waals surface area contributed by atoms with Crippen LogP contribution in [0.3, 0.4) is 0 Å². The summed E-state index contributed by atoms with van der Waals surface area (Å²) in [7, 11) is 0. The van der Waals surface area contributed by atoms with E-state index in [0.29, 0.717) is 11.4 Å².